The van der Waals surface area contributed by atoms with E-state index in [-0.39, 0.29) is 0 Å². The molecule has 0 saturated heterocycles. The van der Waals surface area contributed by atoms with E-state index in [4.69, 9.17) is 0 Å². The number of allylic oxidation sites excluding steroid dienone is 2. The Morgan fingerprint density at radius 3 is 2.17 bits per heavy atom. The van der Waals surface area contributed by atoms with Crippen LogP contribution in [-0.4, -0.2) is 49.0 Å². The second kappa shape index (κ2) is 4.53. The van der Waals surface area contributed by atoms with Crippen LogP contribution in [0.3, 0.4) is 0 Å². The van der Waals surface area contributed by atoms with Gasteiger partial charge in [-0.05, 0) is 0 Å². The molecule has 0 aliphatic carbocycles. The summed E-state index contributed by atoms with van der Waals surface area (Å²) in [6.07, 6.45) is 2.29. The van der Waals surface area contributed by atoms with E-state index in [2.05, 4.69) is 19.9 Å². The van der Waals surface area contributed by atoms with Crippen molar-refractivity contribution in [2.45, 2.75) is 14.4 Å². The second-order valence-electron chi connectivity index (χ2n) is 1.69. The van der Waals surface area contributed by atoms with Gasteiger partial charge in [-0.1, -0.05) is 0 Å². The molecule has 0 aliphatic heterocycles. The molecule has 0 bridgehead atoms. The second-order valence-corrected chi connectivity index (χ2v) is 2.96. The number of rotatable bonds is 1. The Labute approximate surface area is 73.6 Å². The van der Waals surface area contributed by atoms with Crippen molar-refractivity contribution in [3.05, 3.63) is 11.6 Å². The van der Waals surface area contributed by atoms with Crippen LogP contribution in [0.5, 0.6) is 0 Å². The molecule has 1 heteroatoms. The zero-order valence-electron chi connectivity index (χ0n) is 4.78. The summed E-state index contributed by atoms with van der Waals surface area (Å²) in [5.74, 6) is 0. The maximum absolute atomic E-state index is 2.29. The fourth-order valence-electron chi connectivity index (χ4n) is 0.408. The van der Waals surface area contributed by atoms with Crippen molar-refractivity contribution < 1.29 is 0 Å². The monoisotopic (exact) mass is 108 g/mol. The van der Waals surface area contributed by atoms with E-state index in [1.807, 2.05) is 0 Å². The molecule has 0 aromatic rings. The van der Waals surface area contributed by atoms with Crippen molar-refractivity contribution in [1.29, 1.82) is 0 Å². The summed E-state index contributed by atoms with van der Waals surface area (Å²) in [4.78, 5) is 0. The molecule has 0 heterocycles. The average Bonchev–Trinajstić information content (AvgIpc) is 1.35. The predicted molar refractivity (Wildman–Crippen MR) is 30.0 cm³/mol. The molecule has 0 aromatic heterocycles. The van der Waals surface area contributed by atoms with Gasteiger partial charge in [0, 0.05) is 0 Å². The Balaban J connectivity index is 3.14. The summed E-state index contributed by atoms with van der Waals surface area (Å²) >= 11 is 1.02. The molecule has 0 rings (SSSR count). The summed E-state index contributed by atoms with van der Waals surface area (Å²) < 4.78 is 1.36. The Kier molecular flexibility index (Phi) is 5.57. The zero-order valence-corrected chi connectivity index (χ0v) is 7.91. The molecule has 0 radical (unpaired) electrons. The van der Waals surface area contributed by atoms with Crippen LogP contribution >= 0.6 is 0 Å². The first-order valence-corrected chi connectivity index (χ1v) is 4.61. The van der Waals surface area contributed by atoms with Gasteiger partial charge < -0.3 is 0 Å². The molecule has 0 amide bonds. The Morgan fingerprint density at radius 1 is 1.67 bits per heavy atom. The molecule has 0 nitrogen and oxygen atoms in total. The van der Waals surface area contributed by atoms with E-state index in [0.717, 1.165) is 49.0 Å². The van der Waals surface area contributed by atoms with E-state index < -0.39 is 0 Å². The van der Waals surface area contributed by atoms with E-state index in [1.54, 1.807) is 0 Å². The van der Waals surface area contributed by atoms with E-state index in [9.17, 15) is 0 Å². The first-order chi connectivity index (χ1) is 2.77. The summed E-state index contributed by atoms with van der Waals surface area (Å²) in [7, 11) is 0. The number of hydrogen-bond acceptors (Lipinski definition) is 0. The average molecular weight is 108 g/mol. The molecule has 0 spiro atoms. The molecule has 30 valence electrons. The molecule has 0 unspecified atom stereocenters. The van der Waals surface area contributed by atoms with Crippen LogP contribution in [0.25, 0.3) is 0 Å². The van der Waals surface area contributed by atoms with E-state index in [0.29, 0.717) is 0 Å². The third-order valence-electron chi connectivity index (χ3n) is 0.612. The van der Waals surface area contributed by atoms with Crippen LogP contribution in [0.1, 0.15) is 13.8 Å². The Hall–Kier alpha value is 1.38. The van der Waals surface area contributed by atoms with E-state index in [1.165, 1.54) is 6.09 Å². The van der Waals surface area contributed by atoms with Gasteiger partial charge in [0.05, 0.1) is 0 Å². The fraction of sp³-hybridized carbons (Fsp3) is 0.600. The van der Waals surface area contributed by atoms with E-state index >= 15 is 0 Å². The molecule has 0 aromatic carbocycles. The van der Waals surface area contributed by atoms with Gasteiger partial charge in [0.25, 0.3) is 0 Å². The SMILES string of the molecule is CC(C)=C[CH2][K]. The summed E-state index contributed by atoms with van der Waals surface area (Å²) in [6, 6.07) is 0. The molecule has 0 aliphatic rings. The van der Waals surface area contributed by atoms with Crippen LogP contribution in [0.2, 0.25) is 0.515 Å². The zero-order chi connectivity index (χ0) is 4.99. The minimum absolute atomic E-state index is 1.02. The van der Waals surface area contributed by atoms with Gasteiger partial charge in [0.2, 0.25) is 0 Å². The summed E-state index contributed by atoms with van der Waals surface area (Å²) in [5, 5.41) is 0. The molecular formula is C5H9K. The Bertz CT molecular complexity index is 51.0. The van der Waals surface area contributed by atoms with Crippen molar-refractivity contribution in [2.24, 2.45) is 0 Å². The topological polar surface area (TPSA) is 0 Å². The standard InChI is InChI=1S/C5H9.K/c1-4-5(2)3;/h4H,1H2,2-3H3;. The summed E-state index contributed by atoms with van der Waals surface area (Å²) in [5.41, 5.74) is 1.46. The van der Waals surface area contributed by atoms with Crippen LogP contribution in [0.4, 0.5) is 0 Å². The van der Waals surface area contributed by atoms with Gasteiger partial charge in [0.15, 0.2) is 0 Å². The molecular weight excluding hydrogens is 99.2 g/mol. The molecule has 0 atom stereocenters. The molecule has 0 N–H and O–H groups in total. The molecule has 0 saturated carbocycles. The van der Waals surface area contributed by atoms with Gasteiger partial charge in [-0.25, -0.2) is 0 Å². The van der Waals surface area contributed by atoms with Crippen molar-refractivity contribution in [3.8, 4) is 0 Å². The molecule has 6 heavy (non-hydrogen) atoms. The minimum atomic E-state index is 1.02. The first-order valence-electron chi connectivity index (χ1n) is 2.40. The number of hydrogen-bond donors (Lipinski definition) is 0. The van der Waals surface area contributed by atoms with Gasteiger partial charge in [-0.3, -0.25) is 0 Å². The maximum atomic E-state index is 2.29. The van der Waals surface area contributed by atoms with Gasteiger partial charge >= 0.3 is 75.0 Å². The normalized spacial score (nSPS) is 8.00. The van der Waals surface area contributed by atoms with Crippen molar-refractivity contribution in [3.63, 3.8) is 0 Å². The van der Waals surface area contributed by atoms with Gasteiger partial charge in [0.1, 0.15) is 0 Å². The third kappa shape index (κ3) is 5.38. The van der Waals surface area contributed by atoms with Crippen molar-refractivity contribution in [2.75, 3.05) is 0 Å². The third-order valence-corrected chi connectivity index (χ3v) is 1.25. The van der Waals surface area contributed by atoms with Crippen molar-refractivity contribution >= 4 is 49.0 Å². The quantitative estimate of drug-likeness (QED) is 0.353. The van der Waals surface area contributed by atoms with Crippen LogP contribution in [0.15, 0.2) is 11.6 Å². The van der Waals surface area contributed by atoms with Crippen LogP contribution in [0, 0.1) is 0 Å². The van der Waals surface area contributed by atoms with Crippen molar-refractivity contribution in [1.82, 2.24) is 0 Å². The molecule has 0 fully saturated rings. The summed E-state index contributed by atoms with van der Waals surface area (Å²) in [6.45, 7) is 4.29. The van der Waals surface area contributed by atoms with Gasteiger partial charge in [-0.15, -0.1) is 0 Å². The fourth-order valence-corrected chi connectivity index (χ4v) is 1.68. The van der Waals surface area contributed by atoms with Crippen LogP contribution in [-0.2, 0) is 0 Å². The predicted octanol–water partition coefficient (Wildman–Crippen LogP) is 1.54. The Morgan fingerprint density at radius 2 is 2.17 bits per heavy atom. The van der Waals surface area contributed by atoms with Gasteiger partial charge in [-0.2, -0.15) is 0 Å². The van der Waals surface area contributed by atoms with Crippen LogP contribution < -0.4 is 0 Å². The first kappa shape index (κ1) is 7.38.